The van der Waals surface area contributed by atoms with E-state index in [1.54, 1.807) is 0 Å². The van der Waals surface area contributed by atoms with E-state index in [2.05, 4.69) is 17.6 Å². The first-order chi connectivity index (χ1) is 9.13. The maximum absolute atomic E-state index is 12.1. The lowest BCUT2D eigenvalue weighted by Gasteiger charge is -2.33. The topological polar surface area (TPSA) is 41.1 Å². The molecule has 1 aliphatic rings. The van der Waals surface area contributed by atoms with E-state index in [-0.39, 0.29) is 5.91 Å². The quantitative estimate of drug-likeness (QED) is 0.871. The zero-order valence-corrected chi connectivity index (χ0v) is 12.0. The monoisotopic (exact) mass is 260 g/mol. The number of rotatable bonds is 4. The molecular formula is C16H24N2O. The highest BCUT2D eigenvalue weighted by Gasteiger charge is 2.27. The fourth-order valence-electron chi connectivity index (χ4n) is 2.77. The van der Waals surface area contributed by atoms with Gasteiger partial charge in [-0.2, -0.15) is 0 Å². The Hall–Kier alpha value is -1.51. The second kappa shape index (κ2) is 6.09. The number of carbonyl (C=O) groups is 1. The van der Waals surface area contributed by atoms with Crippen molar-refractivity contribution in [3.05, 3.63) is 29.8 Å². The van der Waals surface area contributed by atoms with E-state index >= 15 is 0 Å². The Balaban J connectivity index is 1.89. The van der Waals surface area contributed by atoms with Gasteiger partial charge in [0.1, 0.15) is 0 Å². The molecule has 1 amide bonds. The Morgan fingerprint density at radius 2 is 1.79 bits per heavy atom. The van der Waals surface area contributed by atoms with Crippen molar-refractivity contribution in [3.8, 4) is 0 Å². The van der Waals surface area contributed by atoms with Crippen LogP contribution in [0.2, 0.25) is 0 Å². The van der Waals surface area contributed by atoms with Gasteiger partial charge < -0.3 is 10.6 Å². The molecule has 0 radical (unpaired) electrons. The summed E-state index contributed by atoms with van der Waals surface area (Å²) in [6, 6.07) is 7.59. The van der Waals surface area contributed by atoms with E-state index in [1.807, 2.05) is 31.3 Å². The van der Waals surface area contributed by atoms with Gasteiger partial charge in [-0.05, 0) is 42.5 Å². The van der Waals surface area contributed by atoms with Crippen LogP contribution in [0.5, 0.6) is 0 Å². The molecule has 0 unspecified atom stereocenters. The molecule has 0 aliphatic heterocycles. The van der Waals surface area contributed by atoms with Gasteiger partial charge in [0.05, 0.1) is 0 Å². The van der Waals surface area contributed by atoms with Crippen LogP contribution in [0.4, 0.5) is 5.69 Å². The fourth-order valence-corrected chi connectivity index (χ4v) is 2.77. The van der Waals surface area contributed by atoms with Crippen LogP contribution in [0.3, 0.4) is 0 Å². The number of nitrogens with one attached hydrogen (secondary N) is 2. The Kier molecular flexibility index (Phi) is 4.46. The van der Waals surface area contributed by atoms with Gasteiger partial charge in [-0.15, -0.1) is 0 Å². The number of carbonyl (C=O) groups excluding carboxylic acids is 1. The first-order valence-corrected chi connectivity index (χ1v) is 7.19. The third-order valence-electron chi connectivity index (χ3n) is 4.17. The largest absolute Gasteiger partial charge is 0.388 e. The summed E-state index contributed by atoms with van der Waals surface area (Å²) in [5.74, 6) is 0.0365. The predicted molar refractivity (Wildman–Crippen MR) is 79.5 cm³/mol. The molecule has 0 bridgehead atoms. The Morgan fingerprint density at radius 1 is 1.16 bits per heavy atom. The van der Waals surface area contributed by atoms with E-state index < -0.39 is 0 Å². The number of anilines is 1. The molecule has 1 saturated carbocycles. The smallest absolute Gasteiger partial charge is 0.251 e. The molecule has 3 heteroatoms. The second-order valence-electron chi connectivity index (χ2n) is 5.88. The van der Waals surface area contributed by atoms with Gasteiger partial charge in [0, 0.05) is 24.8 Å². The molecule has 0 atom stereocenters. The minimum absolute atomic E-state index is 0.0365. The maximum atomic E-state index is 12.1. The first-order valence-electron chi connectivity index (χ1n) is 7.19. The molecule has 0 aromatic heterocycles. The van der Waals surface area contributed by atoms with Crippen molar-refractivity contribution in [2.45, 2.75) is 39.0 Å². The van der Waals surface area contributed by atoms with Crippen molar-refractivity contribution in [1.82, 2.24) is 5.32 Å². The van der Waals surface area contributed by atoms with Gasteiger partial charge in [0.2, 0.25) is 0 Å². The average molecular weight is 260 g/mol. The summed E-state index contributed by atoms with van der Waals surface area (Å²) < 4.78 is 0. The Morgan fingerprint density at radius 3 is 2.37 bits per heavy atom. The molecule has 3 nitrogen and oxygen atoms in total. The van der Waals surface area contributed by atoms with Crippen LogP contribution in [-0.4, -0.2) is 19.5 Å². The van der Waals surface area contributed by atoms with Crippen LogP contribution in [-0.2, 0) is 0 Å². The summed E-state index contributed by atoms with van der Waals surface area (Å²) in [6.45, 7) is 3.08. The summed E-state index contributed by atoms with van der Waals surface area (Å²) >= 11 is 0. The van der Waals surface area contributed by atoms with Crippen molar-refractivity contribution in [2.75, 3.05) is 18.9 Å². The zero-order chi connectivity index (χ0) is 13.7. The third-order valence-corrected chi connectivity index (χ3v) is 4.17. The van der Waals surface area contributed by atoms with Crippen LogP contribution in [0.1, 0.15) is 49.4 Å². The molecule has 0 heterocycles. The lowest BCUT2D eigenvalue weighted by molar-refractivity contribution is 0.0919. The fraction of sp³-hybridized carbons (Fsp3) is 0.562. The number of hydrogen-bond acceptors (Lipinski definition) is 2. The van der Waals surface area contributed by atoms with Gasteiger partial charge in [-0.1, -0.05) is 26.2 Å². The molecule has 2 rings (SSSR count). The zero-order valence-electron chi connectivity index (χ0n) is 12.0. The van der Waals surface area contributed by atoms with Crippen molar-refractivity contribution in [3.63, 3.8) is 0 Å². The predicted octanol–water partition coefficient (Wildman–Crippen LogP) is 3.43. The van der Waals surface area contributed by atoms with Gasteiger partial charge in [-0.3, -0.25) is 4.79 Å². The minimum atomic E-state index is 0.0365. The van der Waals surface area contributed by atoms with Gasteiger partial charge in [-0.25, -0.2) is 0 Å². The molecule has 104 valence electrons. The van der Waals surface area contributed by atoms with Gasteiger partial charge >= 0.3 is 0 Å². The molecule has 1 fully saturated rings. The SMILES string of the molecule is CNc1ccc(C(=O)NCC2(C)CCCCC2)cc1. The normalized spacial score (nSPS) is 17.8. The van der Waals surface area contributed by atoms with Crippen molar-refractivity contribution < 1.29 is 4.79 Å². The molecular weight excluding hydrogens is 236 g/mol. The summed E-state index contributed by atoms with van der Waals surface area (Å²) in [6.07, 6.45) is 6.39. The van der Waals surface area contributed by atoms with E-state index in [1.165, 1.54) is 32.1 Å². The minimum Gasteiger partial charge on any atom is -0.388 e. The number of benzene rings is 1. The van der Waals surface area contributed by atoms with E-state index in [0.29, 0.717) is 5.41 Å². The van der Waals surface area contributed by atoms with E-state index in [9.17, 15) is 4.79 Å². The molecule has 0 saturated heterocycles. The summed E-state index contributed by atoms with van der Waals surface area (Å²) in [7, 11) is 1.87. The lowest BCUT2D eigenvalue weighted by Crippen LogP contribution is -2.37. The highest BCUT2D eigenvalue weighted by Crippen LogP contribution is 2.34. The van der Waals surface area contributed by atoms with Gasteiger partial charge in [0.25, 0.3) is 5.91 Å². The standard InChI is InChI=1S/C16H24N2O/c1-16(10-4-3-5-11-16)12-18-15(19)13-6-8-14(17-2)9-7-13/h6-9,17H,3-5,10-12H2,1-2H3,(H,18,19). The highest BCUT2D eigenvalue weighted by molar-refractivity contribution is 5.94. The summed E-state index contributed by atoms with van der Waals surface area (Å²) in [5.41, 5.74) is 2.05. The molecule has 2 N–H and O–H groups in total. The Labute approximate surface area is 115 Å². The molecule has 1 aromatic carbocycles. The van der Waals surface area contributed by atoms with Crippen LogP contribution in [0, 0.1) is 5.41 Å². The van der Waals surface area contributed by atoms with Gasteiger partial charge in [0.15, 0.2) is 0 Å². The average Bonchev–Trinajstić information content (AvgIpc) is 2.46. The second-order valence-corrected chi connectivity index (χ2v) is 5.88. The van der Waals surface area contributed by atoms with E-state index in [4.69, 9.17) is 0 Å². The van der Waals surface area contributed by atoms with Crippen LogP contribution < -0.4 is 10.6 Å². The van der Waals surface area contributed by atoms with Crippen LogP contribution in [0.25, 0.3) is 0 Å². The first kappa shape index (κ1) is 13.9. The third kappa shape index (κ3) is 3.72. The molecule has 1 aliphatic carbocycles. The van der Waals surface area contributed by atoms with Crippen molar-refractivity contribution in [1.29, 1.82) is 0 Å². The van der Waals surface area contributed by atoms with Crippen LogP contribution >= 0.6 is 0 Å². The Bertz CT molecular complexity index is 419. The lowest BCUT2D eigenvalue weighted by atomic mass is 9.76. The van der Waals surface area contributed by atoms with Crippen molar-refractivity contribution in [2.24, 2.45) is 5.41 Å². The molecule has 0 spiro atoms. The van der Waals surface area contributed by atoms with Crippen LogP contribution in [0.15, 0.2) is 24.3 Å². The summed E-state index contributed by atoms with van der Waals surface area (Å²) in [4.78, 5) is 12.1. The summed E-state index contributed by atoms with van der Waals surface area (Å²) in [5, 5.41) is 6.14. The maximum Gasteiger partial charge on any atom is 0.251 e. The number of amides is 1. The highest BCUT2D eigenvalue weighted by atomic mass is 16.1. The molecule has 1 aromatic rings. The van der Waals surface area contributed by atoms with Crippen molar-refractivity contribution >= 4 is 11.6 Å². The number of hydrogen-bond donors (Lipinski definition) is 2. The molecule has 19 heavy (non-hydrogen) atoms. The van der Waals surface area contributed by atoms with E-state index in [0.717, 1.165) is 17.8 Å².